The van der Waals surface area contributed by atoms with Crippen LogP contribution in [0.1, 0.15) is 17.0 Å². The standard InChI is InChI=1S/C14H11Br2NO4/c1-7-3-9(21-17-7)6-10(14(19)20-2)8-4-11(15)13(18)12(16)5-8/h3-6,18H,1-2H3. The van der Waals surface area contributed by atoms with E-state index in [-0.39, 0.29) is 11.3 Å². The van der Waals surface area contributed by atoms with E-state index in [1.165, 1.54) is 13.2 Å². The van der Waals surface area contributed by atoms with Crippen LogP contribution in [0.4, 0.5) is 0 Å². The lowest BCUT2D eigenvalue weighted by atomic mass is 10.0. The van der Waals surface area contributed by atoms with Crippen LogP contribution in [0, 0.1) is 6.92 Å². The van der Waals surface area contributed by atoms with E-state index < -0.39 is 5.97 Å². The minimum Gasteiger partial charge on any atom is -0.506 e. The van der Waals surface area contributed by atoms with Gasteiger partial charge < -0.3 is 14.4 Å². The largest absolute Gasteiger partial charge is 0.506 e. The molecule has 0 saturated carbocycles. The van der Waals surface area contributed by atoms with Gasteiger partial charge in [0.15, 0.2) is 5.76 Å². The van der Waals surface area contributed by atoms with Crippen molar-refractivity contribution in [1.82, 2.24) is 5.16 Å². The number of halogens is 2. The van der Waals surface area contributed by atoms with E-state index >= 15 is 0 Å². The fraction of sp³-hybridized carbons (Fsp3) is 0.143. The summed E-state index contributed by atoms with van der Waals surface area (Å²) in [4.78, 5) is 12.0. The third kappa shape index (κ3) is 3.54. The first-order chi connectivity index (χ1) is 9.92. The average molecular weight is 417 g/mol. The molecule has 110 valence electrons. The second kappa shape index (κ2) is 6.44. The highest BCUT2D eigenvalue weighted by atomic mass is 79.9. The van der Waals surface area contributed by atoms with Crippen LogP contribution in [-0.4, -0.2) is 23.3 Å². The van der Waals surface area contributed by atoms with E-state index in [9.17, 15) is 9.90 Å². The molecule has 2 aromatic rings. The number of aromatic nitrogens is 1. The Morgan fingerprint density at radius 1 is 1.33 bits per heavy atom. The number of methoxy groups -OCH3 is 1. The molecule has 1 heterocycles. The normalized spacial score (nSPS) is 11.5. The van der Waals surface area contributed by atoms with Crippen LogP contribution in [0.3, 0.4) is 0 Å². The number of aryl methyl sites for hydroxylation is 1. The maximum Gasteiger partial charge on any atom is 0.338 e. The maximum atomic E-state index is 12.0. The number of rotatable bonds is 3. The average Bonchev–Trinajstić information content (AvgIpc) is 2.86. The zero-order valence-corrected chi connectivity index (χ0v) is 14.4. The molecule has 7 heteroatoms. The molecule has 0 spiro atoms. The summed E-state index contributed by atoms with van der Waals surface area (Å²) in [5.41, 5.74) is 1.56. The van der Waals surface area contributed by atoms with Gasteiger partial charge in [0.25, 0.3) is 0 Å². The van der Waals surface area contributed by atoms with Crippen LogP contribution in [0.2, 0.25) is 0 Å². The Balaban J connectivity index is 2.56. The zero-order chi connectivity index (χ0) is 15.6. The lowest BCUT2D eigenvalue weighted by Gasteiger charge is -2.08. The SMILES string of the molecule is COC(=O)C(=Cc1cc(C)no1)c1cc(Br)c(O)c(Br)c1. The number of carbonyl (C=O) groups is 1. The van der Waals surface area contributed by atoms with Gasteiger partial charge in [0.1, 0.15) is 5.75 Å². The van der Waals surface area contributed by atoms with E-state index in [1.54, 1.807) is 25.1 Å². The first-order valence-corrected chi connectivity index (χ1v) is 7.42. The number of aromatic hydroxyl groups is 1. The molecule has 0 aliphatic carbocycles. The smallest absolute Gasteiger partial charge is 0.338 e. The molecule has 0 aliphatic heterocycles. The van der Waals surface area contributed by atoms with Crippen molar-refractivity contribution in [2.24, 2.45) is 0 Å². The predicted octanol–water partition coefficient (Wildman–Crippen LogP) is 3.93. The number of nitrogens with zero attached hydrogens (tertiary/aromatic N) is 1. The van der Waals surface area contributed by atoms with Crippen molar-refractivity contribution in [1.29, 1.82) is 0 Å². The summed E-state index contributed by atoms with van der Waals surface area (Å²) in [6, 6.07) is 4.94. The van der Waals surface area contributed by atoms with Crippen LogP contribution in [0.15, 0.2) is 31.7 Å². The fourth-order valence-corrected chi connectivity index (χ4v) is 2.87. The molecule has 0 saturated heterocycles. The minimum atomic E-state index is -0.520. The molecule has 5 nitrogen and oxygen atoms in total. The van der Waals surface area contributed by atoms with Crippen LogP contribution in [-0.2, 0) is 9.53 Å². The van der Waals surface area contributed by atoms with Gasteiger partial charge in [-0.2, -0.15) is 0 Å². The van der Waals surface area contributed by atoms with E-state index in [0.29, 0.717) is 26.0 Å². The Hall–Kier alpha value is -1.60. The van der Waals surface area contributed by atoms with E-state index in [2.05, 4.69) is 37.0 Å². The molecule has 21 heavy (non-hydrogen) atoms. The van der Waals surface area contributed by atoms with Gasteiger partial charge in [0.2, 0.25) is 0 Å². The number of esters is 1. The van der Waals surface area contributed by atoms with Crippen LogP contribution in [0.25, 0.3) is 11.6 Å². The number of phenolic OH excluding ortho intramolecular Hbond substituents is 1. The fourth-order valence-electron chi connectivity index (χ4n) is 1.68. The summed E-state index contributed by atoms with van der Waals surface area (Å²) in [6.45, 7) is 1.78. The topological polar surface area (TPSA) is 72.6 Å². The van der Waals surface area contributed by atoms with Crippen molar-refractivity contribution in [3.05, 3.63) is 44.2 Å². The van der Waals surface area contributed by atoms with Gasteiger partial charge in [-0.1, -0.05) is 5.16 Å². The summed E-state index contributed by atoms with van der Waals surface area (Å²) in [7, 11) is 1.30. The summed E-state index contributed by atoms with van der Waals surface area (Å²) >= 11 is 6.46. The molecule has 2 rings (SSSR count). The number of hydrogen-bond acceptors (Lipinski definition) is 5. The van der Waals surface area contributed by atoms with Gasteiger partial charge in [-0.25, -0.2) is 4.79 Å². The Morgan fingerprint density at radius 2 is 1.95 bits per heavy atom. The van der Waals surface area contributed by atoms with Crippen molar-refractivity contribution in [2.75, 3.05) is 7.11 Å². The molecule has 1 aromatic heterocycles. The Morgan fingerprint density at radius 3 is 2.43 bits per heavy atom. The van der Waals surface area contributed by atoms with E-state index in [0.717, 1.165) is 0 Å². The van der Waals surface area contributed by atoms with Crippen molar-refractivity contribution < 1.29 is 19.2 Å². The third-order valence-corrected chi connectivity index (χ3v) is 3.87. The lowest BCUT2D eigenvalue weighted by Crippen LogP contribution is -2.04. The van der Waals surface area contributed by atoms with Crippen LogP contribution in [0.5, 0.6) is 5.75 Å². The summed E-state index contributed by atoms with van der Waals surface area (Å²) < 4.78 is 10.8. The van der Waals surface area contributed by atoms with Crippen molar-refractivity contribution in [2.45, 2.75) is 6.92 Å². The molecular weight excluding hydrogens is 406 g/mol. The first-order valence-electron chi connectivity index (χ1n) is 5.84. The minimum absolute atomic E-state index is 0.0541. The van der Waals surface area contributed by atoms with Gasteiger partial charge in [-0.15, -0.1) is 0 Å². The Labute approximate surface area is 137 Å². The number of phenols is 1. The highest BCUT2D eigenvalue weighted by Gasteiger charge is 2.17. The maximum absolute atomic E-state index is 12.0. The summed E-state index contributed by atoms with van der Waals surface area (Å²) in [6.07, 6.45) is 1.54. The van der Waals surface area contributed by atoms with Gasteiger partial charge >= 0.3 is 5.97 Å². The van der Waals surface area contributed by atoms with Crippen LogP contribution >= 0.6 is 31.9 Å². The molecule has 0 bridgehead atoms. The Kier molecular flexibility index (Phi) is 4.84. The van der Waals surface area contributed by atoms with Crippen molar-refractivity contribution in [3.63, 3.8) is 0 Å². The molecule has 0 atom stereocenters. The van der Waals surface area contributed by atoms with E-state index in [4.69, 9.17) is 9.26 Å². The molecule has 0 unspecified atom stereocenters. The molecule has 0 amide bonds. The van der Waals surface area contributed by atoms with E-state index in [1.807, 2.05) is 0 Å². The first kappa shape index (κ1) is 15.8. The molecule has 1 N–H and O–H groups in total. The quantitative estimate of drug-likeness (QED) is 0.606. The number of ether oxygens (including phenoxy) is 1. The number of hydrogen-bond donors (Lipinski definition) is 1. The Bertz CT molecular complexity index is 699. The molecule has 0 fully saturated rings. The van der Waals surface area contributed by atoms with Gasteiger partial charge in [0.05, 0.1) is 27.3 Å². The highest BCUT2D eigenvalue weighted by Crippen LogP contribution is 2.36. The lowest BCUT2D eigenvalue weighted by molar-refractivity contribution is -0.133. The van der Waals surface area contributed by atoms with Gasteiger partial charge in [-0.05, 0) is 62.6 Å². The van der Waals surface area contributed by atoms with Crippen LogP contribution < -0.4 is 0 Å². The highest BCUT2D eigenvalue weighted by molar-refractivity contribution is 9.11. The zero-order valence-electron chi connectivity index (χ0n) is 11.2. The molecule has 0 radical (unpaired) electrons. The second-order valence-corrected chi connectivity index (χ2v) is 5.92. The predicted molar refractivity (Wildman–Crippen MR) is 84.6 cm³/mol. The summed E-state index contributed by atoms with van der Waals surface area (Å²) in [5, 5.41) is 13.5. The monoisotopic (exact) mass is 415 g/mol. The summed E-state index contributed by atoms with van der Waals surface area (Å²) in [5.74, 6) is -0.0276. The third-order valence-electron chi connectivity index (χ3n) is 2.67. The second-order valence-electron chi connectivity index (χ2n) is 4.21. The number of benzene rings is 1. The number of carbonyl (C=O) groups excluding carboxylic acids is 1. The van der Waals surface area contributed by atoms with Crippen molar-refractivity contribution >= 4 is 49.5 Å². The molecule has 1 aromatic carbocycles. The van der Waals surface area contributed by atoms with Gasteiger partial charge in [0, 0.05) is 6.07 Å². The van der Waals surface area contributed by atoms with Gasteiger partial charge in [-0.3, -0.25) is 0 Å². The van der Waals surface area contributed by atoms with Crippen molar-refractivity contribution in [3.8, 4) is 5.75 Å². The molecule has 0 aliphatic rings. The molecular formula is C14H11Br2NO4.